The van der Waals surface area contributed by atoms with E-state index in [1.165, 1.54) is 86.4 Å². The minimum atomic E-state index is -0.514. The zero-order chi connectivity index (χ0) is 28.4. The summed E-state index contributed by atoms with van der Waals surface area (Å²) in [7, 11) is 3.93. The molecular weight excluding hydrogens is 588 g/mol. The topological polar surface area (TPSA) is 3.24 Å². The van der Waals surface area contributed by atoms with Gasteiger partial charge in [0.25, 0.3) is 0 Å². The molecule has 0 aromatic heterocycles. The summed E-state index contributed by atoms with van der Waals surface area (Å²) in [4.78, 5) is 2.28. The van der Waals surface area contributed by atoms with Crippen molar-refractivity contribution in [3.8, 4) is 0 Å². The molecule has 0 N–H and O–H groups in total. The first-order valence-corrected chi connectivity index (χ1v) is 18.8. The minimum absolute atomic E-state index is 0. The molecule has 1 nitrogen and oxygen atoms in total. The van der Waals surface area contributed by atoms with Crippen LogP contribution < -0.4 is 10.6 Å². The van der Waals surface area contributed by atoms with Crippen LogP contribution in [0, 0.1) is 62.2 Å². The van der Waals surface area contributed by atoms with E-state index in [-0.39, 0.29) is 25.0 Å². The first kappa shape index (κ1) is 34.6. The van der Waals surface area contributed by atoms with Gasteiger partial charge in [0.05, 0.1) is 0 Å². The molecule has 0 aliphatic heterocycles. The SMILES string of the molecule is C[C@H]([C]1[CH][CH][CH][C]1P(c1ccccc1)c1ccccc1)N(C)C.[CH]1[CH][CH][C](P(C2CCCCC2)C2CCCCC2)[CH]1.[Fe+2]. The summed E-state index contributed by atoms with van der Waals surface area (Å²) in [6.07, 6.45) is 31.2. The van der Waals surface area contributed by atoms with Crippen molar-refractivity contribution in [3.63, 3.8) is 0 Å². The average Bonchev–Trinajstić information content (AvgIpc) is 3.73. The maximum atomic E-state index is 2.43. The molecule has 4 aliphatic rings. The Bertz CT molecular complexity index is 925. The summed E-state index contributed by atoms with van der Waals surface area (Å²) in [5, 5.41) is 2.82. The number of rotatable bonds is 8. The van der Waals surface area contributed by atoms with Crippen molar-refractivity contribution >= 4 is 26.5 Å². The van der Waals surface area contributed by atoms with Crippen molar-refractivity contribution in [2.24, 2.45) is 0 Å². The molecule has 222 valence electrons. The fourth-order valence-electron chi connectivity index (χ4n) is 6.82. The molecule has 4 heteroatoms. The second-order valence-electron chi connectivity index (χ2n) is 12.1. The van der Waals surface area contributed by atoms with Crippen LogP contribution in [-0.4, -0.2) is 36.4 Å². The van der Waals surface area contributed by atoms with Crippen LogP contribution in [0.4, 0.5) is 0 Å². The van der Waals surface area contributed by atoms with Crippen molar-refractivity contribution in [2.75, 3.05) is 14.1 Å². The van der Waals surface area contributed by atoms with Crippen molar-refractivity contribution < 1.29 is 17.1 Å². The predicted molar refractivity (Wildman–Crippen MR) is 183 cm³/mol. The molecule has 1 atom stereocenters. The molecule has 2 aromatic rings. The van der Waals surface area contributed by atoms with E-state index >= 15 is 0 Å². The maximum Gasteiger partial charge on any atom is 2.00 e. The van der Waals surface area contributed by atoms with Gasteiger partial charge >= 0.3 is 17.1 Å². The van der Waals surface area contributed by atoms with E-state index in [9.17, 15) is 0 Å². The molecule has 4 aliphatic carbocycles. The Morgan fingerprint density at radius 1 is 0.619 bits per heavy atom. The predicted octanol–water partition coefficient (Wildman–Crippen LogP) is 9.30. The first-order valence-electron chi connectivity index (χ1n) is 16.0. The van der Waals surface area contributed by atoms with Crippen molar-refractivity contribution in [1.29, 1.82) is 0 Å². The first-order chi connectivity index (χ1) is 20.1. The molecule has 0 amide bonds. The number of hydrogen-bond acceptors (Lipinski definition) is 1. The molecule has 4 fully saturated rings. The molecule has 10 radical (unpaired) electrons. The second kappa shape index (κ2) is 18.1. The zero-order valence-electron chi connectivity index (χ0n) is 25.8. The van der Waals surface area contributed by atoms with Gasteiger partial charge < -0.3 is 4.90 Å². The zero-order valence-corrected chi connectivity index (χ0v) is 28.7. The molecule has 0 bridgehead atoms. The van der Waals surface area contributed by atoms with E-state index in [1.807, 2.05) is 0 Å². The minimum Gasteiger partial charge on any atom is -0.306 e. The molecule has 6 rings (SSSR count). The van der Waals surface area contributed by atoms with Crippen LogP contribution in [0.2, 0.25) is 0 Å². The van der Waals surface area contributed by atoms with Gasteiger partial charge in [0.2, 0.25) is 0 Å². The molecular formula is C38H49FeNP2+2. The van der Waals surface area contributed by atoms with E-state index in [2.05, 4.69) is 132 Å². The van der Waals surface area contributed by atoms with Gasteiger partial charge in [-0.05, 0) is 121 Å². The third kappa shape index (κ3) is 9.17. The molecule has 0 spiro atoms. The summed E-state index contributed by atoms with van der Waals surface area (Å²) in [5.41, 5.74) is 5.31. The van der Waals surface area contributed by atoms with E-state index in [4.69, 9.17) is 0 Å². The van der Waals surface area contributed by atoms with Crippen molar-refractivity contribution in [2.45, 2.75) is 88.5 Å². The van der Waals surface area contributed by atoms with Crippen LogP contribution in [0.25, 0.3) is 0 Å². The van der Waals surface area contributed by atoms with Gasteiger partial charge in [-0.25, -0.2) is 0 Å². The van der Waals surface area contributed by atoms with E-state index in [1.54, 1.807) is 5.66 Å². The van der Waals surface area contributed by atoms with Gasteiger partial charge in [0.1, 0.15) is 0 Å². The van der Waals surface area contributed by atoms with Crippen molar-refractivity contribution in [3.05, 3.63) is 123 Å². The number of hydrogen-bond donors (Lipinski definition) is 0. The van der Waals surface area contributed by atoms with Crippen LogP contribution in [0.1, 0.15) is 71.1 Å². The largest absolute Gasteiger partial charge is 2.00 e. The van der Waals surface area contributed by atoms with E-state index in [0.717, 1.165) is 11.3 Å². The maximum absolute atomic E-state index is 2.43. The Morgan fingerprint density at radius 3 is 1.55 bits per heavy atom. The quantitative estimate of drug-likeness (QED) is 0.206. The Kier molecular flexibility index (Phi) is 14.9. The molecule has 42 heavy (non-hydrogen) atoms. The third-order valence-corrected chi connectivity index (χ3v) is 15.2. The molecule has 4 saturated carbocycles. The molecule has 2 aromatic carbocycles. The number of nitrogens with zero attached hydrogens (tertiary/aromatic N) is 1. The third-order valence-electron chi connectivity index (χ3n) is 9.20. The van der Waals surface area contributed by atoms with Gasteiger partial charge in [-0.15, -0.1) is 0 Å². The second-order valence-corrected chi connectivity index (χ2v) is 17.1. The smallest absolute Gasteiger partial charge is 0.306 e. The molecule has 0 unspecified atom stereocenters. The van der Waals surface area contributed by atoms with Gasteiger partial charge in [-0.2, -0.15) is 0 Å². The molecule has 0 saturated heterocycles. The van der Waals surface area contributed by atoms with Gasteiger partial charge in [0.15, 0.2) is 0 Å². The van der Waals surface area contributed by atoms with Crippen LogP contribution >= 0.6 is 15.8 Å². The Hall–Kier alpha value is -0.221. The van der Waals surface area contributed by atoms with E-state index in [0.29, 0.717) is 6.04 Å². The molecule has 0 heterocycles. The number of benzene rings is 2. The standard InChI is InChI=1S/C21H23NP.C17H26P.Fe/c1-17(22(2)3)20-15-10-16-21(20)23(18-11-6-4-7-12-18)19-13-8-5-9-14-19;1-3-9-15(10-4-1)18(17-13-7-8-14-17)16-11-5-2-6-12-16;/h4-17H,1-3H3;7-8,13-16H,1-6,9-12H2;/q;;+2/t17-;;/m1../s1. The van der Waals surface area contributed by atoms with Crippen LogP contribution in [0.3, 0.4) is 0 Å². The van der Waals surface area contributed by atoms with Crippen LogP contribution in [0.5, 0.6) is 0 Å². The fraction of sp³-hybridized carbons (Fsp3) is 0.421. The van der Waals surface area contributed by atoms with E-state index < -0.39 is 7.92 Å². The van der Waals surface area contributed by atoms with Crippen LogP contribution in [-0.2, 0) is 17.1 Å². The summed E-state index contributed by atoms with van der Waals surface area (Å²) in [6, 6.07) is 22.2. The van der Waals surface area contributed by atoms with Gasteiger partial charge in [-0.1, -0.05) is 107 Å². The monoisotopic (exact) mass is 637 g/mol. The summed E-state index contributed by atoms with van der Waals surface area (Å²) >= 11 is 0. The summed E-state index contributed by atoms with van der Waals surface area (Å²) in [5.74, 6) is 1.44. The average molecular weight is 638 g/mol. The summed E-state index contributed by atoms with van der Waals surface area (Å²) < 4.78 is 0. The summed E-state index contributed by atoms with van der Waals surface area (Å²) in [6.45, 7) is 2.28. The Morgan fingerprint density at radius 2 is 1.10 bits per heavy atom. The van der Waals surface area contributed by atoms with Gasteiger partial charge in [0, 0.05) is 23.3 Å². The Balaban J connectivity index is 0.000000193. The van der Waals surface area contributed by atoms with Crippen molar-refractivity contribution in [1.82, 2.24) is 4.90 Å². The van der Waals surface area contributed by atoms with Crippen LogP contribution in [0.15, 0.2) is 60.7 Å². The fourth-order valence-corrected chi connectivity index (χ4v) is 13.2. The normalized spacial score (nSPS) is 22.3. The Labute approximate surface area is 272 Å². The van der Waals surface area contributed by atoms with Gasteiger partial charge in [-0.3, -0.25) is 0 Å².